The molecule has 1 rings (SSSR count). The third-order valence-electron chi connectivity index (χ3n) is 2.33. The summed E-state index contributed by atoms with van der Waals surface area (Å²) in [6.45, 7) is 4.06. The van der Waals surface area contributed by atoms with E-state index in [1.54, 1.807) is 0 Å². The Balaban J connectivity index is 2.89. The molecule has 0 radical (unpaired) electrons. The van der Waals surface area contributed by atoms with E-state index in [2.05, 4.69) is 18.1 Å². The fourth-order valence-electron chi connectivity index (χ4n) is 1.63. The van der Waals surface area contributed by atoms with Crippen LogP contribution >= 0.6 is 0 Å². The van der Waals surface area contributed by atoms with E-state index < -0.39 is 0 Å². The van der Waals surface area contributed by atoms with Crippen molar-refractivity contribution in [3.63, 3.8) is 0 Å². The minimum atomic E-state index is 0.323. The van der Waals surface area contributed by atoms with Crippen LogP contribution in [0.1, 0.15) is 37.1 Å². The minimum absolute atomic E-state index is 0.323. The summed E-state index contributed by atoms with van der Waals surface area (Å²) in [5.74, 6) is 0.323. The van der Waals surface area contributed by atoms with E-state index in [0.717, 1.165) is 24.1 Å². The topological polar surface area (TPSA) is 34.9 Å². The number of carbonyl (C=O) groups excluding carboxylic acids is 1. The number of aryl methyl sites for hydroxylation is 2. The maximum absolute atomic E-state index is 10.4. The second-order valence-electron chi connectivity index (χ2n) is 3.34. The standard InChI is InChI=1S/C10H16N2O/c1-4-9(5-6-13)10-7-8(2)11-12(10)3/h6-7,9H,4-5H2,1-3H3. The second-order valence-corrected chi connectivity index (χ2v) is 3.34. The lowest BCUT2D eigenvalue weighted by Gasteiger charge is -2.10. The summed E-state index contributed by atoms with van der Waals surface area (Å²) >= 11 is 0. The van der Waals surface area contributed by atoms with Gasteiger partial charge in [-0.1, -0.05) is 6.92 Å². The Kier molecular flexibility index (Phi) is 3.23. The van der Waals surface area contributed by atoms with Gasteiger partial charge in [0.15, 0.2) is 0 Å². The Bertz CT molecular complexity index is 291. The lowest BCUT2D eigenvalue weighted by molar-refractivity contribution is -0.108. The van der Waals surface area contributed by atoms with Crippen molar-refractivity contribution in [2.45, 2.75) is 32.6 Å². The van der Waals surface area contributed by atoms with Crippen molar-refractivity contribution in [3.8, 4) is 0 Å². The second kappa shape index (κ2) is 4.21. The van der Waals surface area contributed by atoms with Crippen LogP contribution in [0.15, 0.2) is 6.07 Å². The molecule has 3 heteroatoms. The first-order chi connectivity index (χ1) is 6.19. The molecule has 0 fully saturated rings. The zero-order valence-electron chi connectivity index (χ0n) is 8.45. The molecule has 0 spiro atoms. The van der Waals surface area contributed by atoms with Crippen molar-refractivity contribution < 1.29 is 4.79 Å². The Labute approximate surface area is 78.8 Å². The molecule has 1 heterocycles. The lowest BCUT2D eigenvalue weighted by atomic mass is 9.99. The van der Waals surface area contributed by atoms with Crippen LogP contribution in [0.2, 0.25) is 0 Å². The van der Waals surface area contributed by atoms with Crippen LogP contribution in [0.25, 0.3) is 0 Å². The van der Waals surface area contributed by atoms with Crippen LogP contribution in [-0.2, 0) is 11.8 Å². The molecular formula is C10H16N2O. The van der Waals surface area contributed by atoms with Crippen molar-refractivity contribution in [2.24, 2.45) is 7.05 Å². The van der Waals surface area contributed by atoms with Crippen molar-refractivity contribution in [2.75, 3.05) is 0 Å². The van der Waals surface area contributed by atoms with Crippen LogP contribution in [-0.4, -0.2) is 16.1 Å². The molecule has 1 aromatic rings. The van der Waals surface area contributed by atoms with Gasteiger partial charge in [-0.15, -0.1) is 0 Å². The third-order valence-corrected chi connectivity index (χ3v) is 2.33. The highest BCUT2D eigenvalue weighted by Crippen LogP contribution is 2.22. The van der Waals surface area contributed by atoms with Gasteiger partial charge in [0.25, 0.3) is 0 Å². The van der Waals surface area contributed by atoms with Crippen LogP contribution < -0.4 is 0 Å². The summed E-state index contributed by atoms with van der Waals surface area (Å²) in [7, 11) is 1.93. The Morgan fingerprint density at radius 2 is 2.38 bits per heavy atom. The van der Waals surface area contributed by atoms with Gasteiger partial charge >= 0.3 is 0 Å². The van der Waals surface area contributed by atoms with E-state index in [4.69, 9.17) is 0 Å². The van der Waals surface area contributed by atoms with Crippen molar-refractivity contribution in [1.29, 1.82) is 0 Å². The quantitative estimate of drug-likeness (QED) is 0.662. The van der Waals surface area contributed by atoms with E-state index in [1.807, 2.05) is 18.7 Å². The highest BCUT2D eigenvalue weighted by Gasteiger charge is 2.13. The molecule has 3 nitrogen and oxygen atoms in total. The molecule has 0 aromatic carbocycles. The maximum Gasteiger partial charge on any atom is 0.120 e. The highest BCUT2D eigenvalue weighted by atomic mass is 16.1. The van der Waals surface area contributed by atoms with Crippen LogP contribution in [0.5, 0.6) is 0 Å². The van der Waals surface area contributed by atoms with Gasteiger partial charge in [-0.05, 0) is 19.4 Å². The molecule has 1 unspecified atom stereocenters. The molecule has 1 aromatic heterocycles. The summed E-state index contributed by atoms with van der Waals surface area (Å²) in [5.41, 5.74) is 2.17. The first-order valence-electron chi connectivity index (χ1n) is 4.63. The van der Waals surface area contributed by atoms with Crippen molar-refractivity contribution in [1.82, 2.24) is 9.78 Å². The molecule has 0 saturated carbocycles. The molecule has 0 amide bonds. The predicted octanol–water partition coefficient (Wildman–Crippen LogP) is 1.81. The van der Waals surface area contributed by atoms with Gasteiger partial charge in [-0.25, -0.2) is 0 Å². The molecule has 72 valence electrons. The summed E-state index contributed by atoms with van der Waals surface area (Å²) in [6, 6.07) is 2.05. The SMILES string of the molecule is CCC(CC=O)c1cc(C)nn1C. The maximum atomic E-state index is 10.4. The van der Waals surface area contributed by atoms with E-state index in [-0.39, 0.29) is 0 Å². The van der Waals surface area contributed by atoms with Crippen LogP contribution in [0, 0.1) is 6.92 Å². The van der Waals surface area contributed by atoms with Gasteiger partial charge in [0, 0.05) is 25.1 Å². The predicted molar refractivity (Wildman–Crippen MR) is 51.7 cm³/mol. The molecular weight excluding hydrogens is 164 g/mol. The molecule has 0 N–H and O–H groups in total. The van der Waals surface area contributed by atoms with Crippen LogP contribution in [0.4, 0.5) is 0 Å². The normalized spacial score (nSPS) is 12.8. The summed E-state index contributed by atoms with van der Waals surface area (Å²) in [4.78, 5) is 10.4. The van der Waals surface area contributed by atoms with Gasteiger partial charge in [-0.3, -0.25) is 4.68 Å². The number of rotatable bonds is 4. The number of aromatic nitrogens is 2. The Hall–Kier alpha value is -1.12. The largest absolute Gasteiger partial charge is 0.303 e. The lowest BCUT2D eigenvalue weighted by Crippen LogP contribution is -2.05. The van der Waals surface area contributed by atoms with Crippen molar-refractivity contribution >= 4 is 6.29 Å². The first kappa shape index (κ1) is 9.96. The number of carbonyl (C=O) groups is 1. The van der Waals surface area contributed by atoms with Gasteiger partial charge < -0.3 is 4.79 Å². The van der Waals surface area contributed by atoms with E-state index in [1.165, 1.54) is 0 Å². The van der Waals surface area contributed by atoms with Gasteiger partial charge in [0.1, 0.15) is 6.29 Å². The number of nitrogens with zero attached hydrogens (tertiary/aromatic N) is 2. The molecule has 13 heavy (non-hydrogen) atoms. The molecule has 0 aliphatic heterocycles. The average Bonchev–Trinajstić information content (AvgIpc) is 2.41. The van der Waals surface area contributed by atoms with Gasteiger partial charge in [0.05, 0.1) is 5.69 Å². The van der Waals surface area contributed by atoms with E-state index in [9.17, 15) is 4.79 Å². The summed E-state index contributed by atoms with van der Waals surface area (Å²) in [6.07, 6.45) is 2.56. The zero-order valence-corrected chi connectivity index (χ0v) is 8.45. The minimum Gasteiger partial charge on any atom is -0.303 e. The fraction of sp³-hybridized carbons (Fsp3) is 0.600. The van der Waals surface area contributed by atoms with Gasteiger partial charge in [-0.2, -0.15) is 5.10 Å². The number of hydrogen-bond donors (Lipinski definition) is 0. The molecule has 0 aliphatic rings. The first-order valence-corrected chi connectivity index (χ1v) is 4.63. The molecule has 0 saturated heterocycles. The van der Waals surface area contributed by atoms with Crippen LogP contribution in [0.3, 0.4) is 0 Å². The number of hydrogen-bond acceptors (Lipinski definition) is 2. The van der Waals surface area contributed by atoms with Gasteiger partial charge in [0.2, 0.25) is 0 Å². The highest BCUT2D eigenvalue weighted by molar-refractivity contribution is 5.51. The molecule has 0 aliphatic carbocycles. The fourth-order valence-corrected chi connectivity index (χ4v) is 1.63. The average molecular weight is 180 g/mol. The molecule has 1 atom stereocenters. The third kappa shape index (κ3) is 2.17. The zero-order chi connectivity index (χ0) is 9.84. The Morgan fingerprint density at radius 1 is 1.69 bits per heavy atom. The van der Waals surface area contributed by atoms with E-state index in [0.29, 0.717) is 12.3 Å². The van der Waals surface area contributed by atoms with Crippen molar-refractivity contribution in [3.05, 3.63) is 17.5 Å². The summed E-state index contributed by atoms with van der Waals surface area (Å²) in [5, 5.41) is 4.26. The number of aldehydes is 1. The smallest absolute Gasteiger partial charge is 0.120 e. The summed E-state index contributed by atoms with van der Waals surface area (Å²) < 4.78 is 1.87. The Morgan fingerprint density at radius 3 is 2.77 bits per heavy atom. The molecule has 0 bridgehead atoms. The monoisotopic (exact) mass is 180 g/mol. The van der Waals surface area contributed by atoms with E-state index >= 15 is 0 Å².